The molecule has 0 saturated heterocycles. The summed E-state index contributed by atoms with van der Waals surface area (Å²) < 4.78 is 10.1. The fourth-order valence-corrected chi connectivity index (χ4v) is 2.26. The molecule has 0 aliphatic carbocycles. The summed E-state index contributed by atoms with van der Waals surface area (Å²) in [5.41, 5.74) is 4.46. The van der Waals surface area contributed by atoms with Crippen molar-refractivity contribution in [2.24, 2.45) is 16.6 Å². The zero-order valence-corrected chi connectivity index (χ0v) is 15.4. The second-order valence-electron chi connectivity index (χ2n) is 7.98. The number of carbonyl (C=O) groups is 3. The summed E-state index contributed by atoms with van der Waals surface area (Å²) in [5, 5.41) is 0. The predicted octanol–water partition coefficient (Wildman–Crippen LogP) is 2.23. The number of rotatable bonds is 8. The molecule has 6 heteroatoms. The molecule has 1 unspecified atom stereocenters. The van der Waals surface area contributed by atoms with E-state index in [0.717, 1.165) is 0 Å². The van der Waals surface area contributed by atoms with Crippen LogP contribution in [-0.4, -0.2) is 36.5 Å². The van der Waals surface area contributed by atoms with E-state index in [2.05, 4.69) is 0 Å². The van der Waals surface area contributed by atoms with Crippen LogP contribution in [0.5, 0.6) is 0 Å². The number of esters is 2. The number of ether oxygens (including phenoxy) is 2. The molecule has 0 aromatic rings. The van der Waals surface area contributed by atoms with Gasteiger partial charge in [-0.2, -0.15) is 0 Å². The lowest BCUT2D eigenvalue weighted by molar-refractivity contribution is -0.167. The van der Waals surface area contributed by atoms with E-state index in [-0.39, 0.29) is 36.8 Å². The first-order chi connectivity index (χ1) is 10.2. The molecule has 0 radical (unpaired) electrons. The lowest BCUT2D eigenvalue weighted by Gasteiger charge is -2.43. The van der Waals surface area contributed by atoms with Crippen molar-refractivity contribution >= 4 is 17.7 Å². The van der Waals surface area contributed by atoms with Crippen molar-refractivity contribution < 1.29 is 23.9 Å². The molecule has 0 heterocycles. The van der Waals surface area contributed by atoms with Gasteiger partial charge in [0.05, 0.1) is 5.41 Å². The van der Waals surface area contributed by atoms with Crippen LogP contribution in [0.3, 0.4) is 0 Å². The molecule has 1 atom stereocenters. The predicted molar refractivity (Wildman–Crippen MR) is 87.7 cm³/mol. The Morgan fingerprint density at radius 1 is 0.913 bits per heavy atom. The van der Waals surface area contributed by atoms with Crippen LogP contribution in [0.25, 0.3) is 0 Å². The maximum atomic E-state index is 12.5. The fraction of sp³-hybridized carbons (Fsp3) is 0.824. The van der Waals surface area contributed by atoms with Crippen LogP contribution in [-0.2, 0) is 23.9 Å². The van der Waals surface area contributed by atoms with E-state index in [0.29, 0.717) is 6.42 Å². The molecule has 0 amide bonds. The van der Waals surface area contributed by atoms with E-state index >= 15 is 0 Å². The molecule has 0 saturated carbocycles. The Balaban J connectivity index is 4.64. The summed E-state index contributed by atoms with van der Waals surface area (Å²) >= 11 is 0. The van der Waals surface area contributed by atoms with Gasteiger partial charge in [-0.05, 0) is 39.5 Å². The van der Waals surface area contributed by atoms with Crippen molar-refractivity contribution in [3.8, 4) is 0 Å². The molecular formula is C17H31NO5. The van der Waals surface area contributed by atoms with Crippen molar-refractivity contribution in [1.82, 2.24) is 0 Å². The van der Waals surface area contributed by atoms with Gasteiger partial charge in [-0.1, -0.05) is 20.8 Å². The average molecular weight is 329 g/mol. The first-order valence-electron chi connectivity index (χ1n) is 7.80. The minimum absolute atomic E-state index is 0.0425. The highest BCUT2D eigenvalue weighted by atomic mass is 16.6. The Kier molecular flexibility index (Phi) is 7.41. The van der Waals surface area contributed by atoms with Gasteiger partial charge in [-0.25, -0.2) is 0 Å². The molecule has 0 aromatic carbocycles. The highest BCUT2D eigenvalue weighted by Crippen LogP contribution is 2.44. The van der Waals surface area contributed by atoms with E-state index in [4.69, 9.17) is 15.2 Å². The van der Waals surface area contributed by atoms with Gasteiger partial charge in [0.1, 0.15) is 25.4 Å². The third-order valence-corrected chi connectivity index (χ3v) is 3.89. The first kappa shape index (κ1) is 21.6. The smallest absolute Gasteiger partial charge is 0.313 e. The Labute approximate surface area is 139 Å². The number of Topliss-reactive ketones (excluding diaryl/α,β-unsaturated/α-hetero) is 1. The average Bonchev–Trinajstić information content (AvgIpc) is 2.29. The molecule has 134 valence electrons. The lowest BCUT2D eigenvalue weighted by atomic mass is 9.63. The highest BCUT2D eigenvalue weighted by molar-refractivity contribution is 5.94. The monoisotopic (exact) mass is 329 g/mol. The second-order valence-corrected chi connectivity index (χ2v) is 7.98. The summed E-state index contributed by atoms with van der Waals surface area (Å²) in [7, 11) is 0. The van der Waals surface area contributed by atoms with Crippen LogP contribution in [0, 0.1) is 10.8 Å². The molecule has 0 aromatic heterocycles. The van der Waals surface area contributed by atoms with E-state index in [9.17, 15) is 14.4 Å². The van der Waals surface area contributed by atoms with Crippen LogP contribution in [0.15, 0.2) is 0 Å². The van der Waals surface area contributed by atoms with Crippen LogP contribution >= 0.6 is 0 Å². The molecule has 23 heavy (non-hydrogen) atoms. The zero-order valence-electron chi connectivity index (χ0n) is 15.4. The zero-order chi connectivity index (χ0) is 18.5. The topological polar surface area (TPSA) is 95.7 Å². The van der Waals surface area contributed by atoms with Crippen LogP contribution in [0.2, 0.25) is 0 Å². The van der Waals surface area contributed by atoms with Gasteiger partial charge >= 0.3 is 11.9 Å². The van der Waals surface area contributed by atoms with E-state index < -0.39 is 16.9 Å². The molecule has 0 spiro atoms. The maximum absolute atomic E-state index is 12.5. The number of hydrogen-bond acceptors (Lipinski definition) is 6. The summed E-state index contributed by atoms with van der Waals surface area (Å²) in [6, 6.07) is 0. The van der Waals surface area contributed by atoms with E-state index in [1.165, 1.54) is 6.92 Å². The summed E-state index contributed by atoms with van der Waals surface area (Å²) in [5.74, 6) is -1.25. The third-order valence-electron chi connectivity index (χ3n) is 3.89. The standard InChI is InChI=1S/C17H31NO5/c1-12(19)10-13(20)22-8-9-23-14(21)17(7,15(2,3)4)11-16(5,6)18/h8-11,18H2,1-7H3. The lowest BCUT2D eigenvalue weighted by Crippen LogP contribution is -2.49. The van der Waals surface area contributed by atoms with Gasteiger partial charge in [0.15, 0.2) is 0 Å². The largest absolute Gasteiger partial charge is 0.462 e. The highest BCUT2D eigenvalue weighted by Gasteiger charge is 2.47. The summed E-state index contributed by atoms with van der Waals surface area (Å²) in [6.45, 7) is 12.7. The fourth-order valence-electron chi connectivity index (χ4n) is 2.26. The van der Waals surface area contributed by atoms with Crippen molar-refractivity contribution in [2.75, 3.05) is 13.2 Å². The number of ketones is 1. The molecule has 2 N–H and O–H groups in total. The molecule has 0 aliphatic rings. The van der Waals surface area contributed by atoms with Gasteiger partial charge in [0, 0.05) is 5.54 Å². The third kappa shape index (κ3) is 7.59. The van der Waals surface area contributed by atoms with E-state index in [1.54, 1.807) is 0 Å². The molecule has 0 rings (SSSR count). The molecular weight excluding hydrogens is 298 g/mol. The van der Waals surface area contributed by atoms with Crippen LogP contribution < -0.4 is 5.73 Å². The van der Waals surface area contributed by atoms with Gasteiger partial charge in [0.2, 0.25) is 0 Å². The van der Waals surface area contributed by atoms with Crippen molar-refractivity contribution in [3.05, 3.63) is 0 Å². The Hall–Kier alpha value is -1.43. The van der Waals surface area contributed by atoms with Crippen LogP contribution in [0.4, 0.5) is 0 Å². The Morgan fingerprint density at radius 3 is 1.78 bits per heavy atom. The quantitative estimate of drug-likeness (QED) is 0.417. The number of carbonyl (C=O) groups excluding carboxylic acids is 3. The van der Waals surface area contributed by atoms with Crippen molar-refractivity contribution in [2.45, 2.75) is 66.8 Å². The van der Waals surface area contributed by atoms with Crippen molar-refractivity contribution in [1.29, 1.82) is 0 Å². The Bertz CT molecular complexity index is 445. The first-order valence-corrected chi connectivity index (χ1v) is 7.80. The van der Waals surface area contributed by atoms with Crippen LogP contribution in [0.1, 0.15) is 61.3 Å². The normalized spacial score (nSPS) is 14.8. The Morgan fingerprint density at radius 2 is 1.39 bits per heavy atom. The summed E-state index contributed by atoms with van der Waals surface area (Å²) in [4.78, 5) is 34.6. The van der Waals surface area contributed by atoms with Crippen molar-refractivity contribution in [3.63, 3.8) is 0 Å². The molecule has 0 fully saturated rings. The van der Waals surface area contributed by atoms with Gasteiger partial charge < -0.3 is 15.2 Å². The maximum Gasteiger partial charge on any atom is 0.313 e. The van der Waals surface area contributed by atoms with Gasteiger partial charge in [0.25, 0.3) is 0 Å². The second kappa shape index (κ2) is 7.90. The van der Waals surface area contributed by atoms with Gasteiger partial charge in [-0.3, -0.25) is 14.4 Å². The minimum atomic E-state index is -0.769. The summed E-state index contributed by atoms with van der Waals surface area (Å²) in [6.07, 6.45) is 0.196. The van der Waals surface area contributed by atoms with E-state index in [1.807, 2.05) is 41.5 Å². The van der Waals surface area contributed by atoms with Gasteiger partial charge in [-0.15, -0.1) is 0 Å². The molecule has 0 bridgehead atoms. The molecule has 0 aliphatic heterocycles. The SMILES string of the molecule is CC(=O)CC(=O)OCCOC(=O)C(C)(CC(C)(C)N)C(C)(C)C. The number of nitrogens with two attached hydrogens (primary N) is 1. The number of hydrogen-bond donors (Lipinski definition) is 1. The molecule has 6 nitrogen and oxygen atoms in total. The minimum Gasteiger partial charge on any atom is -0.462 e.